The van der Waals surface area contributed by atoms with E-state index in [-0.39, 0.29) is 12.4 Å². The molecule has 4 N–H and O–H groups in total. The number of rotatable bonds is 8. The van der Waals surface area contributed by atoms with Gasteiger partial charge in [0.15, 0.2) is 0 Å². The third-order valence-electron chi connectivity index (χ3n) is 2.48. The van der Waals surface area contributed by atoms with Gasteiger partial charge in [0.2, 0.25) is 5.88 Å². The summed E-state index contributed by atoms with van der Waals surface area (Å²) in [6.07, 6.45) is 2.54. The van der Waals surface area contributed by atoms with Gasteiger partial charge in [-0.25, -0.2) is 4.98 Å². The molecule has 106 valence electrons. The number of nitrogens with two attached hydrogens (primary N) is 2. The number of carbonyl (C=O) groups is 1. The molecule has 0 aromatic carbocycles. The summed E-state index contributed by atoms with van der Waals surface area (Å²) in [4.78, 5) is 15.4. The fraction of sp³-hybridized carbons (Fsp3) is 0.538. The predicted molar refractivity (Wildman–Crippen MR) is 71.6 cm³/mol. The summed E-state index contributed by atoms with van der Waals surface area (Å²) in [5.74, 6) is 0.221. The van der Waals surface area contributed by atoms with E-state index in [1.165, 1.54) is 0 Å². The molecule has 1 aromatic rings. The van der Waals surface area contributed by atoms with Crippen LogP contribution in [0.2, 0.25) is 0 Å². The number of hydrogen-bond donors (Lipinski definition) is 2. The van der Waals surface area contributed by atoms with Crippen molar-refractivity contribution in [2.45, 2.75) is 25.8 Å². The fourth-order valence-electron chi connectivity index (χ4n) is 1.47. The first kappa shape index (κ1) is 15.4. The lowest BCUT2D eigenvalue weighted by atomic mass is 10.1. The molecule has 0 saturated carbocycles. The molecular formula is C13H21N3O3. The Balaban J connectivity index is 2.48. The molecule has 1 atom stereocenters. The molecular weight excluding hydrogens is 246 g/mol. The highest BCUT2D eigenvalue weighted by Crippen LogP contribution is 2.16. The van der Waals surface area contributed by atoms with Gasteiger partial charge in [0.25, 0.3) is 0 Å². The number of esters is 1. The van der Waals surface area contributed by atoms with Crippen molar-refractivity contribution in [1.82, 2.24) is 4.98 Å². The van der Waals surface area contributed by atoms with Crippen LogP contribution >= 0.6 is 0 Å². The molecule has 0 aliphatic rings. The third kappa shape index (κ3) is 5.67. The molecule has 19 heavy (non-hydrogen) atoms. The zero-order chi connectivity index (χ0) is 14.1. The molecule has 1 heterocycles. The van der Waals surface area contributed by atoms with Crippen LogP contribution in [0.15, 0.2) is 18.3 Å². The Kier molecular flexibility index (Phi) is 6.84. The Bertz CT molecular complexity index is 381. The van der Waals surface area contributed by atoms with Gasteiger partial charge in [-0.2, -0.15) is 0 Å². The lowest BCUT2D eigenvalue weighted by Gasteiger charge is -2.11. The fourth-order valence-corrected chi connectivity index (χ4v) is 1.47. The van der Waals surface area contributed by atoms with E-state index in [2.05, 4.69) is 4.98 Å². The number of aromatic nitrogens is 1. The Morgan fingerprint density at radius 1 is 1.47 bits per heavy atom. The normalized spacial score (nSPS) is 11.9. The minimum absolute atomic E-state index is 0.142. The number of carbonyl (C=O) groups excluding carboxylic acids is 1. The van der Waals surface area contributed by atoms with Gasteiger partial charge in [-0.05, 0) is 25.5 Å². The first-order valence-corrected chi connectivity index (χ1v) is 6.37. The van der Waals surface area contributed by atoms with E-state index in [9.17, 15) is 4.79 Å². The van der Waals surface area contributed by atoms with Crippen molar-refractivity contribution in [3.63, 3.8) is 0 Å². The highest BCUT2D eigenvalue weighted by molar-refractivity contribution is 5.70. The van der Waals surface area contributed by atoms with Crippen molar-refractivity contribution in [2.24, 2.45) is 11.5 Å². The van der Waals surface area contributed by atoms with Gasteiger partial charge in [-0.3, -0.25) is 4.79 Å². The van der Waals surface area contributed by atoms with E-state index in [4.69, 9.17) is 20.9 Å². The summed E-state index contributed by atoms with van der Waals surface area (Å²) in [5, 5.41) is 0. The average Bonchev–Trinajstić information content (AvgIpc) is 2.40. The van der Waals surface area contributed by atoms with Gasteiger partial charge in [0.1, 0.15) is 0 Å². The maximum atomic E-state index is 11.3. The van der Waals surface area contributed by atoms with Crippen LogP contribution in [0.25, 0.3) is 0 Å². The first-order valence-electron chi connectivity index (χ1n) is 6.37. The van der Waals surface area contributed by atoms with Gasteiger partial charge in [0, 0.05) is 18.3 Å². The average molecular weight is 267 g/mol. The van der Waals surface area contributed by atoms with E-state index >= 15 is 0 Å². The van der Waals surface area contributed by atoms with E-state index in [0.717, 1.165) is 12.0 Å². The van der Waals surface area contributed by atoms with Crippen molar-refractivity contribution in [3.8, 4) is 5.88 Å². The molecule has 0 saturated heterocycles. The highest BCUT2D eigenvalue weighted by Gasteiger charge is 2.12. The summed E-state index contributed by atoms with van der Waals surface area (Å²) in [6.45, 7) is 3.25. The quantitative estimate of drug-likeness (QED) is 0.533. The summed E-state index contributed by atoms with van der Waals surface area (Å²) >= 11 is 0. The standard InChI is InChI=1S/C13H21N3O3/c1-2-18-13(17)8-11(15)10-4-5-12(16-9-10)19-7-3-6-14/h4-5,9,11H,2-3,6-8,14-15H2,1H3/t11-/m0/s1. The van der Waals surface area contributed by atoms with Gasteiger partial charge >= 0.3 is 5.97 Å². The van der Waals surface area contributed by atoms with E-state index in [0.29, 0.717) is 25.6 Å². The van der Waals surface area contributed by atoms with Gasteiger partial charge in [-0.15, -0.1) is 0 Å². The van der Waals surface area contributed by atoms with Crippen molar-refractivity contribution in [2.75, 3.05) is 19.8 Å². The Labute approximate surface area is 113 Å². The lowest BCUT2D eigenvalue weighted by molar-refractivity contribution is -0.143. The van der Waals surface area contributed by atoms with E-state index < -0.39 is 6.04 Å². The molecule has 0 amide bonds. The van der Waals surface area contributed by atoms with Crippen LogP contribution in [0.4, 0.5) is 0 Å². The molecule has 0 aliphatic carbocycles. The van der Waals surface area contributed by atoms with Crippen LogP contribution < -0.4 is 16.2 Å². The third-order valence-corrected chi connectivity index (χ3v) is 2.48. The molecule has 0 fully saturated rings. The molecule has 0 radical (unpaired) electrons. The molecule has 1 aromatic heterocycles. The molecule has 0 unspecified atom stereocenters. The van der Waals surface area contributed by atoms with Crippen LogP contribution in [0.1, 0.15) is 31.4 Å². The second kappa shape index (κ2) is 8.44. The zero-order valence-corrected chi connectivity index (χ0v) is 11.2. The maximum Gasteiger partial charge on any atom is 0.307 e. The second-order valence-electron chi connectivity index (χ2n) is 4.04. The second-order valence-corrected chi connectivity index (χ2v) is 4.04. The van der Waals surface area contributed by atoms with Gasteiger partial charge < -0.3 is 20.9 Å². The maximum absolute atomic E-state index is 11.3. The first-order chi connectivity index (χ1) is 9.17. The largest absolute Gasteiger partial charge is 0.478 e. The molecule has 0 aliphatic heterocycles. The summed E-state index contributed by atoms with van der Waals surface area (Å²) in [7, 11) is 0. The Hall–Kier alpha value is -1.66. The van der Waals surface area contributed by atoms with Crippen LogP contribution in [0, 0.1) is 0 Å². The minimum atomic E-state index is -0.412. The van der Waals surface area contributed by atoms with Crippen LogP contribution in [0.5, 0.6) is 5.88 Å². The summed E-state index contributed by atoms with van der Waals surface area (Å²) < 4.78 is 10.2. The predicted octanol–water partition coefficient (Wildman–Crippen LogP) is 0.762. The number of pyridine rings is 1. The summed E-state index contributed by atoms with van der Waals surface area (Å²) in [6, 6.07) is 3.12. The van der Waals surface area contributed by atoms with Gasteiger partial charge in [0.05, 0.1) is 19.6 Å². The highest BCUT2D eigenvalue weighted by atomic mass is 16.5. The SMILES string of the molecule is CCOC(=O)C[C@H](N)c1ccc(OCCCN)nc1. The number of nitrogens with zero attached hydrogens (tertiary/aromatic N) is 1. The molecule has 6 nitrogen and oxygen atoms in total. The van der Waals surface area contributed by atoms with Crippen molar-refractivity contribution in [3.05, 3.63) is 23.9 Å². The lowest BCUT2D eigenvalue weighted by Crippen LogP contribution is -2.17. The summed E-state index contributed by atoms with van der Waals surface area (Å²) in [5.41, 5.74) is 12.0. The van der Waals surface area contributed by atoms with E-state index in [1.54, 1.807) is 25.3 Å². The number of hydrogen-bond acceptors (Lipinski definition) is 6. The molecule has 1 rings (SSSR count). The van der Waals surface area contributed by atoms with Crippen molar-refractivity contribution in [1.29, 1.82) is 0 Å². The molecule has 6 heteroatoms. The van der Waals surface area contributed by atoms with Crippen molar-refractivity contribution < 1.29 is 14.3 Å². The van der Waals surface area contributed by atoms with Crippen molar-refractivity contribution >= 4 is 5.97 Å². The van der Waals surface area contributed by atoms with E-state index in [1.807, 2.05) is 0 Å². The topological polar surface area (TPSA) is 100 Å². The Morgan fingerprint density at radius 2 is 2.26 bits per heavy atom. The van der Waals surface area contributed by atoms with Crippen LogP contribution in [0.3, 0.4) is 0 Å². The monoisotopic (exact) mass is 267 g/mol. The number of ether oxygens (including phenoxy) is 2. The smallest absolute Gasteiger partial charge is 0.307 e. The van der Waals surface area contributed by atoms with Gasteiger partial charge in [-0.1, -0.05) is 6.07 Å². The zero-order valence-electron chi connectivity index (χ0n) is 11.2. The Morgan fingerprint density at radius 3 is 2.84 bits per heavy atom. The molecule has 0 bridgehead atoms. The van der Waals surface area contributed by atoms with Crippen LogP contribution in [-0.2, 0) is 9.53 Å². The minimum Gasteiger partial charge on any atom is -0.478 e. The molecule has 0 spiro atoms. The van der Waals surface area contributed by atoms with Crippen LogP contribution in [-0.4, -0.2) is 30.7 Å².